The highest BCUT2D eigenvalue weighted by atomic mass is 32.2. The van der Waals surface area contributed by atoms with E-state index in [1.807, 2.05) is 0 Å². The lowest BCUT2D eigenvalue weighted by Gasteiger charge is -2.16. The van der Waals surface area contributed by atoms with E-state index in [9.17, 15) is 17.6 Å². The first-order valence-corrected chi connectivity index (χ1v) is 11.6. The normalized spacial score (nSPS) is 12.7. The number of carbonyl (C=O) groups excluding carboxylic acids is 1. The van der Waals surface area contributed by atoms with Crippen molar-refractivity contribution >= 4 is 33.4 Å². The summed E-state index contributed by atoms with van der Waals surface area (Å²) in [6.07, 6.45) is 1.38. The van der Waals surface area contributed by atoms with E-state index in [0.29, 0.717) is 10.8 Å². The van der Waals surface area contributed by atoms with E-state index in [1.165, 1.54) is 43.2 Å². The molecule has 0 aliphatic heterocycles. The highest BCUT2D eigenvalue weighted by molar-refractivity contribution is 8.00. The van der Waals surface area contributed by atoms with Crippen molar-refractivity contribution in [3.63, 3.8) is 0 Å². The molecule has 0 saturated heterocycles. The lowest BCUT2D eigenvalue weighted by atomic mass is 10.2. The Hall–Kier alpha value is -2.76. The fraction of sp³-hybridized carbons (Fsp3) is 0.250. The predicted octanol–water partition coefficient (Wildman–Crippen LogP) is 3.08. The van der Waals surface area contributed by atoms with Gasteiger partial charge in [0.25, 0.3) is 0 Å². The van der Waals surface area contributed by atoms with Gasteiger partial charge in [0.2, 0.25) is 15.9 Å². The summed E-state index contributed by atoms with van der Waals surface area (Å²) in [5.41, 5.74) is 1.40. The van der Waals surface area contributed by atoms with E-state index < -0.39 is 21.1 Å². The number of benzene rings is 2. The van der Waals surface area contributed by atoms with Crippen molar-refractivity contribution in [3.8, 4) is 5.69 Å². The number of nitrogens with one attached hydrogen (secondary N) is 1. The van der Waals surface area contributed by atoms with Gasteiger partial charge in [-0.15, -0.1) is 10.2 Å². The summed E-state index contributed by atoms with van der Waals surface area (Å²) in [7, 11) is -0.749. The Balaban J connectivity index is 1.79. The molecule has 11 heteroatoms. The van der Waals surface area contributed by atoms with E-state index in [2.05, 4.69) is 15.5 Å². The first-order chi connectivity index (χ1) is 14.6. The Morgan fingerprint density at radius 1 is 1.23 bits per heavy atom. The molecule has 1 heterocycles. The first kappa shape index (κ1) is 22.9. The number of hydrogen-bond donors (Lipinski definition) is 1. The van der Waals surface area contributed by atoms with Crippen molar-refractivity contribution in [3.05, 3.63) is 60.2 Å². The average molecular weight is 464 g/mol. The SMILES string of the molecule is Cc1ccc(S(=O)(=O)N(C)C)cc1NC(=O)C(C)Sc1nncn1-c1ccccc1F. The molecule has 3 rings (SSSR count). The molecule has 0 saturated carbocycles. The number of nitrogens with zero attached hydrogens (tertiary/aromatic N) is 4. The molecule has 1 N–H and O–H groups in total. The van der Waals surface area contributed by atoms with Crippen molar-refractivity contribution in [1.82, 2.24) is 19.1 Å². The smallest absolute Gasteiger partial charge is 0.242 e. The highest BCUT2D eigenvalue weighted by Crippen LogP contribution is 2.27. The number of aryl methyl sites for hydroxylation is 1. The van der Waals surface area contributed by atoms with Crippen LogP contribution in [0.2, 0.25) is 0 Å². The molecule has 0 fully saturated rings. The zero-order valence-corrected chi connectivity index (χ0v) is 19.0. The van der Waals surface area contributed by atoms with Gasteiger partial charge in [-0.05, 0) is 43.7 Å². The van der Waals surface area contributed by atoms with Crippen LogP contribution in [-0.4, -0.2) is 52.7 Å². The zero-order chi connectivity index (χ0) is 22.8. The molecule has 1 amide bonds. The highest BCUT2D eigenvalue weighted by Gasteiger charge is 2.22. The molecule has 0 spiro atoms. The van der Waals surface area contributed by atoms with E-state index >= 15 is 0 Å². The number of hydrogen-bond acceptors (Lipinski definition) is 6. The van der Waals surface area contributed by atoms with E-state index in [-0.39, 0.29) is 16.5 Å². The fourth-order valence-electron chi connectivity index (χ4n) is 2.67. The third-order valence-electron chi connectivity index (χ3n) is 4.53. The first-order valence-electron chi connectivity index (χ1n) is 9.27. The largest absolute Gasteiger partial charge is 0.325 e. The van der Waals surface area contributed by atoms with Crippen LogP contribution in [0.4, 0.5) is 10.1 Å². The maximum atomic E-state index is 14.1. The van der Waals surface area contributed by atoms with Gasteiger partial charge in [0.15, 0.2) is 5.16 Å². The van der Waals surface area contributed by atoms with Crippen LogP contribution in [0.5, 0.6) is 0 Å². The maximum absolute atomic E-state index is 14.1. The molecule has 31 heavy (non-hydrogen) atoms. The van der Waals surface area contributed by atoms with Gasteiger partial charge < -0.3 is 5.32 Å². The van der Waals surface area contributed by atoms with Crippen LogP contribution in [0, 0.1) is 12.7 Å². The molecule has 0 radical (unpaired) electrons. The molecule has 8 nitrogen and oxygen atoms in total. The molecule has 1 aromatic heterocycles. The monoisotopic (exact) mass is 463 g/mol. The number of para-hydroxylation sites is 1. The van der Waals surface area contributed by atoms with Crippen LogP contribution in [0.3, 0.4) is 0 Å². The standard InChI is InChI=1S/C20H22FN5O3S2/c1-13-9-10-15(31(28,29)25(3)4)11-17(13)23-19(27)14(2)30-20-24-22-12-26(20)18-8-6-5-7-16(18)21/h5-12,14H,1-4H3,(H,23,27). The second kappa shape index (κ2) is 9.16. The van der Waals surface area contributed by atoms with Gasteiger partial charge in [0.1, 0.15) is 12.1 Å². The quantitative estimate of drug-likeness (QED) is 0.541. The Morgan fingerprint density at radius 2 is 1.94 bits per heavy atom. The van der Waals surface area contributed by atoms with Gasteiger partial charge >= 0.3 is 0 Å². The van der Waals surface area contributed by atoms with Gasteiger partial charge in [-0.2, -0.15) is 0 Å². The van der Waals surface area contributed by atoms with Crippen molar-refractivity contribution < 1.29 is 17.6 Å². The molecule has 3 aromatic rings. The summed E-state index contributed by atoms with van der Waals surface area (Å²) in [5, 5.41) is 10.3. The van der Waals surface area contributed by atoms with E-state index in [4.69, 9.17) is 0 Å². The molecule has 1 unspecified atom stereocenters. The number of thioether (sulfide) groups is 1. The van der Waals surface area contributed by atoms with Gasteiger partial charge in [-0.3, -0.25) is 9.36 Å². The summed E-state index contributed by atoms with van der Waals surface area (Å²) in [5.74, 6) is -0.786. The summed E-state index contributed by atoms with van der Waals surface area (Å²) in [4.78, 5) is 12.9. The number of carbonyl (C=O) groups is 1. The van der Waals surface area contributed by atoms with Gasteiger partial charge in [0.05, 0.1) is 15.8 Å². The van der Waals surface area contributed by atoms with Crippen LogP contribution in [-0.2, 0) is 14.8 Å². The van der Waals surface area contributed by atoms with Gasteiger partial charge in [0, 0.05) is 19.8 Å². The van der Waals surface area contributed by atoms with Crippen LogP contribution in [0.25, 0.3) is 5.69 Å². The lowest BCUT2D eigenvalue weighted by Crippen LogP contribution is -2.25. The molecule has 0 bridgehead atoms. The predicted molar refractivity (Wildman–Crippen MR) is 117 cm³/mol. The molecular weight excluding hydrogens is 441 g/mol. The lowest BCUT2D eigenvalue weighted by molar-refractivity contribution is -0.115. The molecule has 0 aliphatic rings. The van der Waals surface area contributed by atoms with Crippen molar-refractivity contribution in [1.29, 1.82) is 0 Å². The number of aromatic nitrogens is 3. The number of amides is 1. The third-order valence-corrected chi connectivity index (χ3v) is 7.39. The van der Waals surface area contributed by atoms with Crippen molar-refractivity contribution in [2.75, 3.05) is 19.4 Å². The minimum atomic E-state index is -3.63. The summed E-state index contributed by atoms with van der Waals surface area (Å²) >= 11 is 1.11. The van der Waals surface area contributed by atoms with Crippen LogP contribution in [0.1, 0.15) is 12.5 Å². The number of anilines is 1. The van der Waals surface area contributed by atoms with Crippen LogP contribution >= 0.6 is 11.8 Å². The minimum absolute atomic E-state index is 0.0815. The van der Waals surface area contributed by atoms with Crippen LogP contribution < -0.4 is 5.32 Å². The van der Waals surface area contributed by atoms with Crippen molar-refractivity contribution in [2.45, 2.75) is 29.1 Å². The minimum Gasteiger partial charge on any atom is -0.325 e. The number of rotatable bonds is 7. The second-order valence-electron chi connectivity index (χ2n) is 6.95. The number of halogens is 1. The molecule has 2 aromatic carbocycles. The molecule has 164 valence electrons. The molecular formula is C20H22FN5O3S2. The Labute approximate surface area is 184 Å². The van der Waals surface area contributed by atoms with Gasteiger partial charge in [-0.25, -0.2) is 17.1 Å². The molecule has 0 aliphatic carbocycles. The maximum Gasteiger partial charge on any atom is 0.242 e. The van der Waals surface area contributed by atoms with Crippen molar-refractivity contribution in [2.24, 2.45) is 0 Å². The Morgan fingerprint density at radius 3 is 2.61 bits per heavy atom. The molecule has 1 atom stereocenters. The Bertz CT molecular complexity index is 1210. The fourth-order valence-corrected chi connectivity index (χ4v) is 4.43. The van der Waals surface area contributed by atoms with E-state index in [0.717, 1.165) is 21.6 Å². The third kappa shape index (κ3) is 4.94. The summed E-state index contributed by atoms with van der Waals surface area (Å²) in [6.45, 7) is 3.45. The Kier molecular flexibility index (Phi) is 6.77. The van der Waals surface area contributed by atoms with Gasteiger partial charge in [-0.1, -0.05) is 30.0 Å². The van der Waals surface area contributed by atoms with Crippen LogP contribution in [0.15, 0.2) is 58.8 Å². The zero-order valence-electron chi connectivity index (χ0n) is 17.4. The second-order valence-corrected chi connectivity index (χ2v) is 10.4. The number of sulfonamides is 1. The van der Waals surface area contributed by atoms with E-state index in [1.54, 1.807) is 38.1 Å². The topological polar surface area (TPSA) is 97.2 Å². The summed E-state index contributed by atoms with van der Waals surface area (Å²) < 4.78 is 41.5. The average Bonchev–Trinajstić information content (AvgIpc) is 3.17. The summed E-state index contributed by atoms with van der Waals surface area (Å²) in [6, 6.07) is 10.8.